The van der Waals surface area contributed by atoms with E-state index in [0.717, 1.165) is 77.2 Å². The van der Waals surface area contributed by atoms with Gasteiger partial charge in [0.25, 0.3) is 0 Å². The Hall–Kier alpha value is -2.67. The van der Waals surface area contributed by atoms with Crippen molar-refractivity contribution in [3.8, 4) is 11.1 Å². The Balaban J connectivity index is 1.41. The number of aromatic nitrogens is 3. The highest BCUT2D eigenvalue weighted by atomic mass is 35.5. The molecular weight excluding hydrogens is 446 g/mol. The molecular formula is C27H30ClN5O. The highest BCUT2D eigenvalue weighted by molar-refractivity contribution is 6.30. The molecule has 0 spiro atoms. The van der Waals surface area contributed by atoms with Gasteiger partial charge in [-0.05, 0) is 61.1 Å². The summed E-state index contributed by atoms with van der Waals surface area (Å²) in [6, 6.07) is 15.4. The van der Waals surface area contributed by atoms with E-state index in [0.29, 0.717) is 17.7 Å². The zero-order chi connectivity index (χ0) is 23.2. The van der Waals surface area contributed by atoms with Crippen molar-refractivity contribution in [2.24, 2.45) is 7.05 Å². The Kier molecular flexibility index (Phi) is 5.68. The Morgan fingerprint density at radius 3 is 2.35 bits per heavy atom. The molecule has 2 aliphatic rings. The third-order valence-corrected chi connectivity index (χ3v) is 7.99. The summed E-state index contributed by atoms with van der Waals surface area (Å²) in [6.07, 6.45) is 6.46. The molecule has 1 saturated heterocycles. The van der Waals surface area contributed by atoms with Gasteiger partial charge in [0.05, 0.1) is 36.0 Å². The number of ether oxygens (including phenoxy) is 1. The number of rotatable bonds is 3. The van der Waals surface area contributed by atoms with E-state index in [2.05, 4.69) is 39.8 Å². The highest BCUT2D eigenvalue weighted by Gasteiger charge is 2.29. The molecule has 2 fully saturated rings. The third kappa shape index (κ3) is 3.74. The van der Waals surface area contributed by atoms with Gasteiger partial charge in [-0.3, -0.25) is 15.3 Å². The van der Waals surface area contributed by atoms with Crippen LogP contribution in [0.2, 0.25) is 5.02 Å². The lowest BCUT2D eigenvalue weighted by atomic mass is 9.89. The van der Waals surface area contributed by atoms with Crippen LogP contribution in [0, 0.1) is 5.41 Å². The summed E-state index contributed by atoms with van der Waals surface area (Å²) in [4.78, 5) is 7.34. The molecule has 6 rings (SSSR count). The van der Waals surface area contributed by atoms with Gasteiger partial charge in [0.15, 0.2) is 0 Å². The molecule has 1 N–H and O–H groups in total. The molecule has 2 aromatic heterocycles. The summed E-state index contributed by atoms with van der Waals surface area (Å²) in [5.74, 6) is 0. The van der Waals surface area contributed by atoms with Gasteiger partial charge >= 0.3 is 0 Å². The summed E-state index contributed by atoms with van der Waals surface area (Å²) >= 11 is 6.11. The zero-order valence-corrected chi connectivity index (χ0v) is 20.3. The molecule has 0 bridgehead atoms. The van der Waals surface area contributed by atoms with Gasteiger partial charge in [-0.15, -0.1) is 0 Å². The minimum Gasteiger partial charge on any atom is -0.379 e. The van der Waals surface area contributed by atoms with E-state index < -0.39 is 0 Å². The largest absolute Gasteiger partial charge is 0.379 e. The fourth-order valence-corrected chi connectivity index (χ4v) is 5.98. The molecule has 1 aliphatic carbocycles. The molecule has 0 radical (unpaired) electrons. The molecule has 0 atom stereocenters. The van der Waals surface area contributed by atoms with Crippen LogP contribution in [-0.2, 0) is 11.8 Å². The molecule has 1 saturated carbocycles. The number of pyridine rings is 1. The SMILES string of the molecule is Cn1c(=N)n(C2CCC(N3CCOCC3)CC2)c2c3cc(-c4ccc(Cl)cc4)ccc3ncc21. The van der Waals surface area contributed by atoms with E-state index in [1.165, 1.54) is 12.8 Å². The number of benzene rings is 2. The summed E-state index contributed by atoms with van der Waals surface area (Å²) in [5.41, 5.74) is 5.92. The topological polar surface area (TPSA) is 59.1 Å². The summed E-state index contributed by atoms with van der Waals surface area (Å²) in [6.45, 7) is 3.79. The molecule has 1 aliphatic heterocycles. The van der Waals surface area contributed by atoms with E-state index in [-0.39, 0.29) is 0 Å². The van der Waals surface area contributed by atoms with E-state index in [1.54, 1.807) is 0 Å². The first kappa shape index (κ1) is 21.8. The van der Waals surface area contributed by atoms with E-state index in [4.69, 9.17) is 26.7 Å². The van der Waals surface area contributed by atoms with Crippen LogP contribution in [0.15, 0.2) is 48.7 Å². The Morgan fingerprint density at radius 1 is 0.941 bits per heavy atom. The minimum absolute atomic E-state index is 0.332. The predicted molar refractivity (Wildman–Crippen MR) is 136 cm³/mol. The zero-order valence-electron chi connectivity index (χ0n) is 19.5. The Bertz CT molecular complexity index is 1390. The van der Waals surface area contributed by atoms with E-state index in [9.17, 15) is 0 Å². The molecule has 0 unspecified atom stereocenters. The van der Waals surface area contributed by atoms with Gasteiger partial charge in [0.1, 0.15) is 0 Å². The second kappa shape index (κ2) is 8.84. The minimum atomic E-state index is 0.332. The number of fused-ring (bicyclic) bond motifs is 3. The lowest BCUT2D eigenvalue weighted by Gasteiger charge is -2.39. The average Bonchev–Trinajstić information content (AvgIpc) is 3.15. The van der Waals surface area contributed by atoms with Crippen molar-refractivity contribution in [2.75, 3.05) is 26.3 Å². The van der Waals surface area contributed by atoms with E-state index in [1.807, 2.05) is 29.9 Å². The first-order valence-corrected chi connectivity index (χ1v) is 12.6. The van der Waals surface area contributed by atoms with Gasteiger partial charge in [-0.1, -0.05) is 29.8 Å². The summed E-state index contributed by atoms with van der Waals surface area (Å²) in [5, 5.41) is 10.8. The number of nitrogens with one attached hydrogen (secondary N) is 1. The van der Waals surface area contributed by atoms with E-state index >= 15 is 0 Å². The van der Waals surface area contributed by atoms with Crippen LogP contribution in [0.1, 0.15) is 31.7 Å². The molecule has 3 heterocycles. The standard InChI is InChI=1S/C27H30ClN5O/c1-31-25-17-30-24-11-4-19(18-2-5-20(28)6-3-18)16-23(24)26(25)33(27(31)29)22-9-7-21(8-10-22)32-12-14-34-15-13-32/h2-6,11,16-17,21-22,29H,7-10,12-15H2,1H3. The van der Waals surface area contributed by atoms with Gasteiger partial charge in [-0.25, -0.2) is 0 Å². The van der Waals surface area contributed by atoms with Crippen molar-refractivity contribution < 1.29 is 4.74 Å². The van der Waals surface area contributed by atoms with Gasteiger partial charge in [-0.2, -0.15) is 0 Å². The Morgan fingerprint density at radius 2 is 1.62 bits per heavy atom. The highest BCUT2D eigenvalue weighted by Crippen LogP contribution is 2.35. The van der Waals surface area contributed by atoms with Gasteiger partial charge in [0, 0.05) is 42.6 Å². The van der Waals surface area contributed by atoms with Crippen LogP contribution in [0.3, 0.4) is 0 Å². The normalized spacial score (nSPS) is 21.9. The summed E-state index contributed by atoms with van der Waals surface area (Å²) < 4.78 is 9.81. The van der Waals surface area contributed by atoms with Crippen molar-refractivity contribution in [3.63, 3.8) is 0 Å². The quantitative estimate of drug-likeness (QED) is 0.446. The average molecular weight is 476 g/mol. The number of aryl methyl sites for hydroxylation is 1. The second-order valence-electron chi connectivity index (χ2n) is 9.59. The monoisotopic (exact) mass is 475 g/mol. The summed E-state index contributed by atoms with van der Waals surface area (Å²) in [7, 11) is 1.98. The molecule has 7 heteroatoms. The fraction of sp³-hybridized carbons (Fsp3) is 0.407. The predicted octanol–water partition coefficient (Wildman–Crippen LogP) is 5.14. The number of halogens is 1. The van der Waals surface area contributed by atoms with Crippen molar-refractivity contribution in [1.29, 1.82) is 5.41 Å². The number of imidazole rings is 1. The first-order valence-electron chi connectivity index (χ1n) is 12.2. The number of hydrogen-bond acceptors (Lipinski definition) is 4. The van der Waals surface area contributed by atoms with Crippen LogP contribution < -0.4 is 5.62 Å². The van der Waals surface area contributed by atoms with Crippen LogP contribution in [0.5, 0.6) is 0 Å². The maximum absolute atomic E-state index is 8.98. The lowest BCUT2D eigenvalue weighted by Crippen LogP contribution is -2.45. The van der Waals surface area contributed by atoms with Crippen LogP contribution in [0.25, 0.3) is 33.1 Å². The smallest absolute Gasteiger partial charge is 0.203 e. The van der Waals surface area contributed by atoms with Gasteiger partial charge < -0.3 is 13.9 Å². The fourth-order valence-electron chi connectivity index (χ4n) is 5.85. The van der Waals surface area contributed by atoms with Crippen LogP contribution >= 0.6 is 11.6 Å². The van der Waals surface area contributed by atoms with Crippen molar-refractivity contribution in [1.82, 2.24) is 19.0 Å². The third-order valence-electron chi connectivity index (χ3n) is 7.74. The maximum atomic E-state index is 8.98. The number of morpholine rings is 1. The lowest BCUT2D eigenvalue weighted by molar-refractivity contribution is 0.00543. The van der Waals surface area contributed by atoms with Crippen molar-refractivity contribution >= 4 is 33.5 Å². The molecule has 4 aromatic rings. The van der Waals surface area contributed by atoms with Crippen molar-refractivity contribution in [2.45, 2.75) is 37.8 Å². The molecule has 6 nitrogen and oxygen atoms in total. The molecule has 34 heavy (non-hydrogen) atoms. The number of nitrogens with zero attached hydrogens (tertiary/aromatic N) is 4. The first-order chi connectivity index (χ1) is 16.6. The second-order valence-corrected chi connectivity index (χ2v) is 10.0. The van der Waals surface area contributed by atoms with Gasteiger partial charge in [0.2, 0.25) is 5.62 Å². The maximum Gasteiger partial charge on any atom is 0.203 e. The molecule has 176 valence electrons. The molecule has 0 amide bonds. The van der Waals surface area contributed by atoms with Crippen molar-refractivity contribution in [3.05, 3.63) is 59.3 Å². The van der Waals surface area contributed by atoms with Crippen LogP contribution in [-0.4, -0.2) is 51.4 Å². The molecule has 2 aromatic carbocycles. The number of hydrogen-bond donors (Lipinski definition) is 1. The Labute approximate surface area is 204 Å². The van der Waals surface area contributed by atoms with Crippen LogP contribution in [0.4, 0.5) is 0 Å².